The van der Waals surface area contributed by atoms with E-state index in [1.807, 2.05) is 6.92 Å². The molecule has 11 heavy (non-hydrogen) atoms. The Morgan fingerprint density at radius 1 is 1.73 bits per heavy atom. The fourth-order valence-electron chi connectivity index (χ4n) is 0.798. The van der Waals surface area contributed by atoms with Crippen molar-refractivity contribution in [1.82, 2.24) is 5.32 Å². The van der Waals surface area contributed by atoms with E-state index in [0.717, 1.165) is 6.54 Å². The van der Waals surface area contributed by atoms with Crippen LogP contribution in [-0.4, -0.2) is 30.2 Å². The summed E-state index contributed by atoms with van der Waals surface area (Å²) in [7, 11) is 0. The van der Waals surface area contributed by atoms with Crippen molar-refractivity contribution < 1.29 is 9.90 Å². The molecule has 0 aromatic carbocycles. The van der Waals surface area contributed by atoms with Crippen molar-refractivity contribution in [3.05, 3.63) is 0 Å². The van der Waals surface area contributed by atoms with E-state index in [9.17, 15) is 4.79 Å². The monoisotopic (exact) mass is 160 g/mol. The van der Waals surface area contributed by atoms with E-state index in [1.54, 1.807) is 6.92 Å². The maximum Gasteiger partial charge on any atom is 0.309 e. The van der Waals surface area contributed by atoms with Gasteiger partial charge in [0.15, 0.2) is 0 Å². The minimum atomic E-state index is -0.832. The molecule has 0 saturated heterocycles. The van der Waals surface area contributed by atoms with E-state index in [4.69, 9.17) is 10.8 Å². The number of hydrogen-bond donors (Lipinski definition) is 3. The van der Waals surface area contributed by atoms with Gasteiger partial charge >= 0.3 is 5.97 Å². The van der Waals surface area contributed by atoms with Gasteiger partial charge < -0.3 is 16.2 Å². The second-order valence-corrected chi connectivity index (χ2v) is 2.61. The van der Waals surface area contributed by atoms with Crippen molar-refractivity contribution in [2.75, 3.05) is 13.1 Å². The Hall–Kier alpha value is -0.610. The van der Waals surface area contributed by atoms with Crippen molar-refractivity contribution in [3.63, 3.8) is 0 Å². The molecule has 0 aromatic heterocycles. The number of rotatable bonds is 5. The van der Waals surface area contributed by atoms with Crippen molar-refractivity contribution in [2.45, 2.75) is 19.9 Å². The van der Waals surface area contributed by atoms with Crippen LogP contribution in [0.1, 0.15) is 13.8 Å². The van der Waals surface area contributed by atoms with Gasteiger partial charge in [0.2, 0.25) is 0 Å². The Labute approximate surface area is 66.8 Å². The molecule has 0 aliphatic carbocycles. The normalized spacial score (nSPS) is 15.9. The molecule has 0 saturated carbocycles. The zero-order valence-electron chi connectivity index (χ0n) is 7.00. The van der Waals surface area contributed by atoms with E-state index in [2.05, 4.69) is 5.32 Å². The molecule has 2 unspecified atom stereocenters. The van der Waals surface area contributed by atoms with Crippen molar-refractivity contribution in [1.29, 1.82) is 0 Å². The summed E-state index contributed by atoms with van der Waals surface area (Å²) in [5.41, 5.74) is 5.46. The van der Waals surface area contributed by atoms with E-state index in [-0.39, 0.29) is 6.04 Å². The fourth-order valence-corrected chi connectivity index (χ4v) is 0.798. The summed E-state index contributed by atoms with van der Waals surface area (Å²) in [6.07, 6.45) is 0. The van der Waals surface area contributed by atoms with Gasteiger partial charge in [-0.3, -0.25) is 4.79 Å². The first-order valence-corrected chi connectivity index (χ1v) is 3.78. The third-order valence-corrected chi connectivity index (χ3v) is 1.57. The van der Waals surface area contributed by atoms with Crippen LogP contribution < -0.4 is 11.1 Å². The van der Waals surface area contributed by atoms with Gasteiger partial charge in [-0.05, 0) is 13.5 Å². The predicted molar refractivity (Wildman–Crippen MR) is 43.3 cm³/mol. The lowest BCUT2D eigenvalue weighted by molar-refractivity contribution is -0.142. The SMILES string of the molecule is CCNCC(C(=O)O)C(C)N. The van der Waals surface area contributed by atoms with Crippen LogP contribution in [0.4, 0.5) is 0 Å². The van der Waals surface area contributed by atoms with E-state index < -0.39 is 11.9 Å². The van der Waals surface area contributed by atoms with Gasteiger partial charge in [-0.25, -0.2) is 0 Å². The average molecular weight is 160 g/mol. The molecule has 66 valence electrons. The van der Waals surface area contributed by atoms with Gasteiger partial charge in [0.25, 0.3) is 0 Å². The third-order valence-electron chi connectivity index (χ3n) is 1.57. The molecule has 0 aliphatic heterocycles. The topological polar surface area (TPSA) is 75.3 Å². The molecule has 4 nitrogen and oxygen atoms in total. The Morgan fingerprint density at radius 3 is 2.55 bits per heavy atom. The van der Waals surface area contributed by atoms with E-state index >= 15 is 0 Å². The first-order chi connectivity index (χ1) is 5.09. The molecule has 0 amide bonds. The minimum Gasteiger partial charge on any atom is -0.481 e. The van der Waals surface area contributed by atoms with Crippen LogP contribution in [0.25, 0.3) is 0 Å². The highest BCUT2D eigenvalue weighted by molar-refractivity contribution is 5.71. The Morgan fingerprint density at radius 2 is 2.27 bits per heavy atom. The number of hydrogen-bond acceptors (Lipinski definition) is 3. The van der Waals surface area contributed by atoms with Crippen LogP contribution >= 0.6 is 0 Å². The molecule has 0 aliphatic rings. The second kappa shape index (κ2) is 5.09. The average Bonchev–Trinajstić information content (AvgIpc) is 1.87. The summed E-state index contributed by atoms with van der Waals surface area (Å²) in [4.78, 5) is 10.5. The summed E-state index contributed by atoms with van der Waals surface area (Å²) in [6, 6.07) is -0.299. The maximum absolute atomic E-state index is 10.5. The number of carboxylic acids is 1. The van der Waals surface area contributed by atoms with Crippen LogP contribution in [0.5, 0.6) is 0 Å². The lowest BCUT2D eigenvalue weighted by atomic mass is 10.0. The van der Waals surface area contributed by atoms with Gasteiger partial charge in [0.05, 0.1) is 5.92 Å². The van der Waals surface area contributed by atoms with Crippen LogP contribution in [0.2, 0.25) is 0 Å². The molecular formula is C7H16N2O2. The summed E-state index contributed by atoms with van der Waals surface area (Å²) >= 11 is 0. The van der Waals surface area contributed by atoms with Gasteiger partial charge in [-0.2, -0.15) is 0 Å². The van der Waals surface area contributed by atoms with Gasteiger partial charge in [-0.1, -0.05) is 6.92 Å². The molecule has 0 spiro atoms. The molecule has 2 atom stereocenters. The second-order valence-electron chi connectivity index (χ2n) is 2.61. The van der Waals surface area contributed by atoms with Gasteiger partial charge in [0.1, 0.15) is 0 Å². The van der Waals surface area contributed by atoms with Crippen molar-refractivity contribution in [2.24, 2.45) is 11.7 Å². The summed E-state index contributed by atoms with van der Waals surface area (Å²) in [5, 5.41) is 11.6. The van der Waals surface area contributed by atoms with Gasteiger partial charge in [0, 0.05) is 12.6 Å². The molecule has 4 heteroatoms. The summed E-state index contributed by atoms with van der Waals surface area (Å²) in [6.45, 7) is 4.86. The van der Waals surface area contributed by atoms with E-state index in [1.165, 1.54) is 0 Å². The van der Waals surface area contributed by atoms with E-state index in [0.29, 0.717) is 6.54 Å². The number of nitrogens with one attached hydrogen (secondary N) is 1. The standard InChI is InChI=1S/C7H16N2O2/c1-3-9-4-6(5(2)8)7(10)11/h5-6,9H,3-4,8H2,1-2H3,(H,10,11). The quantitative estimate of drug-likeness (QED) is 0.513. The lowest BCUT2D eigenvalue weighted by Gasteiger charge is -2.15. The molecule has 0 fully saturated rings. The number of carboxylic acid groups (broad SMARTS) is 1. The fraction of sp³-hybridized carbons (Fsp3) is 0.857. The molecule has 0 rings (SSSR count). The minimum absolute atomic E-state index is 0.299. The zero-order chi connectivity index (χ0) is 8.85. The Kier molecular flexibility index (Phi) is 4.81. The number of nitrogens with two attached hydrogens (primary N) is 1. The van der Waals surface area contributed by atoms with Crippen LogP contribution in [-0.2, 0) is 4.79 Å². The highest BCUT2D eigenvalue weighted by Crippen LogP contribution is 1.99. The lowest BCUT2D eigenvalue weighted by Crippen LogP contribution is -2.40. The van der Waals surface area contributed by atoms with Crippen molar-refractivity contribution in [3.8, 4) is 0 Å². The highest BCUT2D eigenvalue weighted by Gasteiger charge is 2.20. The molecule has 4 N–H and O–H groups in total. The van der Waals surface area contributed by atoms with Gasteiger partial charge in [-0.15, -0.1) is 0 Å². The van der Waals surface area contributed by atoms with Crippen LogP contribution in [0, 0.1) is 5.92 Å². The first-order valence-electron chi connectivity index (χ1n) is 3.78. The molecular weight excluding hydrogens is 144 g/mol. The smallest absolute Gasteiger partial charge is 0.309 e. The first kappa shape index (κ1) is 10.4. The molecule has 0 radical (unpaired) electrons. The summed E-state index contributed by atoms with van der Waals surface area (Å²) in [5.74, 6) is -1.31. The molecule has 0 aromatic rings. The Balaban J connectivity index is 3.80. The van der Waals surface area contributed by atoms with Crippen molar-refractivity contribution >= 4 is 5.97 Å². The van der Waals surface area contributed by atoms with Crippen LogP contribution in [0.3, 0.4) is 0 Å². The Bertz CT molecular complexity index is 126. The molecule has 0 heterocycles. The molecule has 0 bridgehead atoms. The maximum atomic E-state index is 10.5. The van der Waals surface area contributed by atoms with Crippen LogP contribution in [0.15, 0.2) is 0 Å². The third kappa shape index (κ3) is 3.95. The largest absolute Gasteiger partial charge is 0.481 e. The predicted octanol–water partition coefficient (Wildman–Crippen LogP) is -0.356. The number of aliphatic carboxylic acids is 1. The highest BCUT2D eigenvalue weighted by atomic mass is 16.4. The zero-order valence-corrected chi connectivity index (χ0v) is 7.00. The number of carbonyl (C=O) groups is 1. The summed E-state index contributed by atoms with van der Waals surface area (Å²) < 4.78 is 0.